The van der Waals surface area contributed by atoms with E-state index in [4.69, 9.17) is 21.4 Å². The van der Waals surface area contributed by atoms with Crippen LogP contribution < -0.4 is 5.32 Å². The molecule has 0 aromatic heterocycles. The van der Waals surface area contributed by atoms with E-state index in [1.165, 1.54) is 12.1 Å². The van der Waals surface area contributed by atoms with Gasteiger partial charge in [-0.15, -0.1) is 0 Å². The van der Waals surface area contributed by atoms with Crippen LogP contribution in [0, 0.1) is 11.7 Å². The van der Waals surface area contributed by atoms with Crippen molar-refractivity contribution in [2.75, 3.05) is 13.2 Å². The first-order chi connectivity index (χ1) is 10.5. The van der Waals surface area contributed by atoms with Gasteiger partial charge >= 0.3 is 5.97 Å². The molecule has 1 amide bonds. The second-order valence-corrected chi connectivity index (χ2v) is 5.65. The van der Waals surface area contributed by atoms with Gasteiger partial charge in [0.15, 0.2) is 0 Å². The van der Waals surface area contributed by atoms with Crippen molar-refractivity contribution in [3.8, 4) is 0 Å². The SMILES string of the molecule is O=C(O)C[C@@H](NC(=O)[C@H]1CCCOC1)c1ccc(Cl)c(F)c1. The van der Waals surface area contributed by atoms with Crippen LogP contribution in [-0.4, -0.2) is 30.2 Å². The third-order valence-corrected chi connectivity index (χ3v) is 3.88. The molecule has 120 valence electrons. The highest BCUT2D eigenvalue weighted by atomic mass is 35.5. The molecule has 22 heavy (non-hydrogen) atoms. The molecule has 5 nitrogen and oxygen atoms in total. The number of rotatable bonds is 5. The monoisotopic (exact) mass is 329 g/mol. The van der Waals surface area contributed by atoms with Crippen LogP contribution in [-0.2, 0) is 14.3 Å². The summed E-state index contributed by atoms with van der Waals surface area (Å²) in [6.45, 7) is 0.950. The molecule has 0 saturated carbocycles. The van der Waals surface area contributed by atoms with Crippen LogP contribution in [0.15, 0.2) is 18.2 Å². The molecule has 0 bridgehead atoms. The molecule has 1 fully saturated rings. The minimum absolute atomic E-state index is 0.0511. The summed E-state index contributed by atoms with van der Waals surface area (Å²) in [7, 11) is 0. The zero-order chi connectivity index (χ0) is 16.1. The Hall–Kier alpha value is -1.66. The second kappa shape index (κ2) is 7.56. The molecule has 1 aromatic carbocycles. The number of hydrogen-bond donors (Lipinski definition) is 2. The first-order valence-corrected chi connectivity index (χ1v) is 7.40. The summed E-state index contributed by atoms with van der Waals surface area (Å²) in [4.78, 5) is 23.2. The van der Waals surface area contributed by atoms with E-state index in [1.807, 2.05) is 0 Å². The quantitative estimate of drug-likeness (QED) is 0.870. The first kappa shape index (κ1) is 16.7. The number of aliphatic carboxylic acids is 1. The molecule has 1 aliphatic rings. The summed E-state index contributed by atoms with van der Waals surface area (Å²) in [5.74, 6) is -2.31. The highest BCUT2D eigenvalue weighted by molar-refractivity contribution is 6.30. The minimum atomic E-state index is -1.08. The molecule has 0 radical (unpaired) electrons. The van der Waals surface area contributed by atoms with Gasteiger partial charge in [0, 0.05) is 6.61 Å². The molecule has 1 heterocycles. The zero-order valence-electron chi connectivity index (χ0n) is 11.9. The van der Waals surface area contributed by atoms with Gasteiger partial charge in [-0.3, -0.25) is 9.59 Å². The summed E-state index contributed by atoms with van der Waals surface area (Å²) >= 11 is 5.62. The number of benzene rings is 1. The molecular weight excluding hydrogens is 313 g/mol. The highest BCUT2D eigenvalue weighted by Crippen LogP contribution is 2.24. The van der Waals surface area contributed by atoms with Crippen molar-refractivity contribution in [2.45, 2.75) is 25.3 Å². The van der Waals surface area contributed by atoms with Crippen molar-refractivity contribution in [3.05, 3.63) is 34.6 Å². The normalized spacial score (nSPS) is 19.5. The Morgan fingerprint density at radius 1 is 1.50 bits per heavy atom. The zero-order valence-corrected chi connectivity index (χ0v) is 12.6. The van der Waals surface area contributed by atoms with E-state index in [1.54, 1.807) is 0 Å². The lowest BCUT2D eigenvalue weighted by Gasteiger charge is -2.24. The lowest BCUT2D eigenvalue weighted by atomic mass is 9.98. The van der Waals surface area contributed by atoms with Crippen LogP contribution >= 0.6 is 11.6 Å². The largest absolute Gasteiger partial charge is 0.481 e. The summed E-state index contributed by atoms with van der Waals surface area (Å²) in [6.07, 6.45) is 1.15. The van der Waals surface area contributed by atoms with E-state index >= 15 is 0 Å². The average Bonchev–Trinajstić information content (AvgIpc) is 2.49. The highest BCUT2D eigenvalue weighted by Gasteiger charge is 2.26. The number of nitrogens with one attached hydrogen (secondary N) is 1. The minimum Gasteiger partial charge on any atom is -0.481 e. The van der Waals surface area contributed by atoms with Crippen molar-refractivity contribution in [2.24, 2.45) is 5.92 Å². The number of carbonyl (C=O) groups is 2. The fourth-order valence-electron chi connectivity index (χ4n) is 2.39. The third kappa shape index (κ3) is 4.42. The maximum absolute atomic E-state index is 13.6. The number of ether oxygens (including phenoxy) is 1. The number of carboxylic acid groups (broad SMARTS) is 1. The Labute approximate surface area is 132 Å². The van der Waals surface area contributed by atoms with Crippen LogP contribution in [0.3, 0.4) is 0 Å². The molecular formula is C15H17ClFNO4. The van der Waals surface area contributed by atoms with Gasteiger partial charge in [0.25, 0.3) is 0 Å². The first-order valence-electron chi connectivity index (χ1n) is 7.02. The molecule has 1 aromatic rings. The van der Waals surface area contributed by atoms with Crippen LogP contribution in [0.4, 0.5) is 4.39 Å². The van der Waals surface area contributed by atoms with E-state index in [0.717, 1.165) is 12.5 Å². The molecule has 2 rings (SSSR count). The number of carboxylic acids is 1. The van der Waals surface area contributed by atoms with E-state index in [0.29, 0.717) is 25.2 Å². The van der Waals surface area contributed by atoms with Gasteiger partial charge in [-0.25, -0.2) is 4.39 Å². The van der Waals surface area contributed by atoms with E-state index < -0.39 is 17.8 Å². The number of hydrogen-bond acceptors (Lipinski definition) is 3. The Balaban J connectivity index is 2.12. The van der Waals surface area contributed by atoms with Crippen molar-refractivity contribution >= 4 is 23.5 Å². The third-order valence-electron chi connectivity index (χ3n) is 3.57. The Kier molecular flexibility index (Phi) is 5.74. The Bertz CT molecular complexity index is 560. The lowest BCUT2D eigenvalue weighted by molar-refractivity contribution is -0.138. The van der Waals surface area contributed by atoms with Gasteiger partial charge < -0.3 is 15.2 Å². The number of carbonyl (C=O) groups excluding carboxylic acids is 1. The standard InChI is InChI=1S/C15H17ClFNO4/c16-11-4-3-9(6-12(11)17)13(7-14(19)20)18-15(21)10-2-1-5-22-8-10/h3-4,6,10,13H,1-2,5,7-8H2,(H,18,21)(H,19,20)/t10-,13+/m0/s1. The van der Waals surface area contributed by atoms with Gasteiger partial charge in [-0.2, -0.15) is 0 Å². The van der Waals surface area contributed by atoms with E-state index in [-0.39, 0.29) is 23.3 Å². The fourth-order valence-corrected chi connectivity index (χ4v) is 2.51. The predicted octanol–water partition coefficient (Wildman–Crippen LogP) is 2.54. The van der Waals surface area contributed by atoms with Crippen molar-refractivity contribution < 1.29 is 23.8 Å². The van der Waals surface area contributed by atoms with Gasteiger partial charge in [0.05, 0.1) is 30.0 Å². The Morgan fingerprint density at radius 3 is 2.86 bits per heavy atom. The van der Waals surface area contributed by atoms with Crippen LogP contribution in [0.5, 0.6) is 0 Å². The molecule has 1 saturated heterocycles. The van der Waals surface area contributed by atoms with E-state index in [2.05, 4.69) is 5.32 Å². The van der Waals surface area contributed by atoms with Gasteiger partial charge in [0.1, 0.15) is 5.82 Å². The molecule has 0 unspecified atom stereocenters. The van der Waals surface area contributed by atoms with Crippen LogP contribution in [0.25, 0.3) is 0 Å². The average molecular weight is 330 g/mol. The Morgan fingerprint density at radius 2 is 2.27 bits per heavy atom. The van der Waals surface area contributed by atoms with Crippen molar-refractivity contribution in [1.82, 2.24) is 5.32 Å². The van der Waals surface area contributed by atoms with Crippen molar-refractivity contribution in [3.63, 3.8) is 0 Å². The molecule has 0 spiro atoms. The molecule has 7 heteroatoms. The summed E-state index contributed by atoms with van der Waals surface area (Å²) in [5, 5.41) is 11.6. The maximum Gasteiger partial charge on any atom is 0.305 e. The van der Waals surface area contributed by atoms with Gasteiger partial charge in [0.2, 0.25) is 5.91 Å². The number of halogens is 2. The smallest absolute Gasteiger partial charge is 0.305 e. The predicted molar refractivity (Wildman–Crippen MR) is 78.1 cm³/mol. The molecule has 0 aliphatic carbocycles. The topological polar surface area (TPSA) is 75.6 Å². The molecule has 1 aliphatic heterocycles. The summed E-state index contributed by atoms with van der Waals surface area (Å²) in [6, 6.07) is 3.19. The summed E-state index contributed by atoms with van der Waals surface area (Å²) in [5.41, 5.74) is 0.370. The second-order valence-electron chi connectivity index (χ2n) is 5.25. The maximum atomic E-state index is 13.6. The van der Waals surface area contributed by atoms with Crippen molar-refractivity contribution in [1.29, 1.82) is 0 Å². The fraction of sp³-hybridized carbons (Fsp3) is 0.467. The molecule has 2 N–H and O–H groups in total. The van der Waals surface area contributed by atoms with E-state index in [9.17, 15) is 14.0 Å². The van der Waals surface area contributed by atoms with Crippen LogP contribution in [0.1, 0.15) is 30.9 Å². The number of amides is 1. The lowest BCUT2D eigenvalue weighted by Crippen LogP contribution is -2.38. The van der Waals surface area contributed by atoms with Gasteiger partial charge in [-0.1, -0.05) is 17.7 Å². The van der Waals surface area contributed by atoms with Gasteiger partial charge in [-0.05, 0) is 30.5 Å². The van der Waals surface area contributed by atoms with Crippen LogP contribution in [0.2, 0.25) is 5.02 Å². The summed E-state index contributed by atoms with van der Waals surface area (Å²) < 4.78 is 18.8. The molecule has 2 atom stereocenters.